The van der Waals surface area contributed by atoms with Crippen molar-refractivity contribution in [3.8, 4) is 0 Å². The molecular formula is C15H23N3OS2. The molecule has 0 fully saturated rings. The lowest BCUT2D eigenvalue weighted by Gasteiger charge is -2.07. The van der Waals surface area contributed by atoms with E-state index in [1.54, 1.807) is 30.2 Å². The molecule has 0 radical (unpaired) electrons. The van der Waals surface area contributed by atoms with Crippen LogP contribution < -0.4 is 5.32 Å². The summed E-state index contributed by atoms with van der Waals surface area (Å²) in [6, 6.07) is 2.24. The highest BCUT2D eigenvalue weighted by molar-refractivity contribution is 7.99. The van der Waals surface area contributed by atoms with Crippen LogP contribution in [0.1, 0.15) is 31.6 Å². The second-order valence-electron chi connectivity index (χ2n) is 4.76. The molecule has 0 saturated carbocycles. The molecule has 0 aromatic carbocycles. The zero-order valence-electron chi connectivity index (χ0n) is 12.9. The van der Waals surface area contributed by atoms with Crippen LogP contribution in [0.3, 0.4) is 0 Å². The maximum absolute atomic E-state index is 5.11. The lowest BCUT2D eigenvalue weighted by atomic mass is 10.3. The Labute approximate surface area is 134 Å². The zero-order valence-corrected chi connectivity index (χ0v) is 14.6. The lowest BCUT2D eigenvalue weighted by Crippen LogP contribution is -2.04. The summed E-state index contributed by atoms with van der Waals surface area (Å²) in [5, 5.41) is 5.59. The van der Waals surface area contributed by atoms with Crippen LogP contribution in [0.2, 0.25) is 0 Å². The number of hydrogen-bond acceptors (Lipinski definition) is 6. The van der Waals surface area contributed by atoms with Crippen molar-refractivity contribution in [2.45, 2.75) is 38.1 Å². The van der Waals surface area contributed by atoms with Crippen LogP contribution in [0.4, 0.5) is 5.95 Å². The molecule has 0 bridgehead atoms. The number of nitrogens with zero attached hydrogens (tertiary/aromatic N) is 2. The smallest absolute Gasteiger partial charge is 0.225 e. The second-order valence-corrected chi connectivity index (χ2v) is 6.96. The second kappa shape index (κ2) is 8.56. The van der Waals surface area contributed by atoms with Crippen LogP contribution in [-0.4, -0.2) is 36.0 Å². The molecule has 6 heteroatoms. The normalized spacial score (nSPS) is 11.2. The summed E-state index contributed by atoms with van der Waals surface area (Å²) < 4.78 is 5.11. The maximum Gasteiger partial charge on any atom is 0.225 e. The highest BCUT2D eigenvalue weighted by Crippen LogP contribution is 2.32. The van der Waals surface area contributed by atoms with Crippen molar-refractivity contribution in [3.63, 3.8) is 0 Å². The summed E-state index contributed by atoms with van der Waals surface area (Å²) in [7, 11) is 1.74. The van der Waals surface area contributed by atoms with Gasteiger partial charge < -0.3 is 10.1 Å². The van der Waals surface area contributed by atoms with E-state index in [1.807, 2.05) is 0 Å². The fourth-order valence-electron chi connectivity index (χ4n) is 1.92. The van der Waals surface area contributed by atoms with Gasteiger partial charge >= 0.3 is 0 Å². The van der Waals surface area contributed by atoms with Gasteiger partial charge in [0.25, 0.3) is 0 Å². The molecule has 21 heavy (non-hydrogen) atoms. The van der Waals surface area contributed by atoms with Crippen LogP contribution in [0, 0.1) is 0 Å². The van der Waals surface area contributed by atoms with E-state index < -0.39 is 0 Å². The van der Waals surface area contributed by atoms with Gasteiger partial charge in [-0.15, -0.1) is 23.1 Å². The molecule has 2 rings (SSSR count). The van der Waals surface area contributed by atoms with E-state index in [9.17, 15) is 0 Å². The van der Waals surface area contributed by atoms with Crippen molar-refractivity contribution in [2.24, 2.45) is 0 Å². The van der Waals surface area contributed by atoms with Gasteiger partial charge in [-0.3, -0.25) is 0 Å². The van der Waals surface area contributed by atoms with Crippen LogP contribution in [0.15, 0.2) is 11.1 Å². The van der Waals surface area contributed by atoms with E-state index >= 15 is 0 Å². The minimum atomic E-state index is 0.753. The largest absolute Gasteiger partial charge is 0.385 e. The SMILES string of the molecule is CCCNc1nc(SCCCOC)c2cc(CC)sc2n1. The number of ether oxygens (including phenoxy) is 1. The Balaban J connectivity index is 2.22. The predicted octanol–water partition coefficient (Wildman–Crippen LogP) is 4.20. The molecule has 2 aromatic heterocycles. The first-order chi connectivity index (χ1) is 10.3. The zero-order chi connectivity index (χ0) is 15.1. The average molecular weight is 326 g/mol. The quantitative estimate of drug-likeness (QED) is 0.425. The van der Waals surface area contributed by atoms with Gasteiger partial charge in [0.1, 0.15) is 9.86 Å². The van der Waals surface area contributed by atoms with Gasteiger partial charge in [0.2, 0.25) is 5.95 Å². The number of nitrogens with one attached hydrogen (secondary N) is 1. The molecule has 2 aromatic rings. The van der Waals surface area contributed by atoms with Crippen molar-refractivity contribution in [3.05, 3.63) is 10.9 Å². The fraction of sp³-hybridized carbons (Fsp3) is 0.600. The monoisotopic (exact) mass is 325 g/mol. The molecule has 0 aliphatic rings. The Morgan fingerprint density at radius 1 is 1.33 bits per heavy atom. The highest BCUT2D eigenvalue weighted by atomic mass is 32.2. The van der Waals surface area contributed by atoms with Gasteiger partial charge in [-0.1, -0.05) is 13.8 Å². The van der Waals surface area contributed by atoms with E-state index in [0.29, 0.717) is 0 Å². The van der Waals surface area contributed by atoms with E-state index in [4.69, 9.17) is 9.72 Å². The van der Waals surface area contributed by atoms with Gasteiger partial charge in [0, 0.05) is 36.3 Å². The summed E-state index contributed by atoms with van der Waals surface area (Å²) in [5.41, 5.74) is 0. The number of aryl methyl sites for hydroxylation is 1. The van der Waals surface area contributed by atoms with Crippen molar-refractivity contribution in [1.82, 2.24) is 9.97 Å². The number of fused-ring (bicyclic) bond motifs is 1. The average Bonchev–Trinajstić information content (AvgIpc) is 2.92. The fourth-order valence-corrected chi connectivity index (χ4v) is 3.87. The summed E-state index contributed by atoms with van der Waals surface area (Å²) >= 11 is 3.57. The number of anilines is 1. The Bertz CT molecular complexity index is 571. The molecule has 1 N–H and O–H groups in total. The molecule has 0 atom stereocenters. The third kappa shape index (κ3) is 4.56. The molecule has 2 heterocycles. The van der Waals surface area contributed by atoms with Gasteiger partial charge in [-0.25, -0.2) is 9.97 Å². The minimum absolute atomic E-state index is 0.753. The van der Waals surface area contributed by atoms with Crippen molar-refractivity contribution < 1.29 is 4.74 Å². The molecule has 0 saturated heterocycles. The molecule has 0 aliphatic carbocycles. The van der Waals surface area contributed by atoms with Crippen molar-refractivity contribution in [1.29, 1.82) is 0 Å². The van der Waals surface area contributed by atoms with Gasteiger partial charge in [0.15, 0.2) is 0 Å². The molecule has 0 unspecified atom stereocenters. The van der Waals surface area contributed by atoms with Gasteiger partial charge in [-0.05, 0) is 25.3 Å². The Morgan fingerprint density at radius 3 is 2.90 bits per heavy atom. The Kier molecular flexibility index (Phi) is 6.73. The van der Waals surface area contributed by atoms with E-state index in [0.717, 1.165) is 54.0 Å². The van der Waals surface area contributed by atoms with E-state index in [1.165, 1.54) is 10.3 Å². The molecule has 4 nitrogen and oxygen atoms in total. The molecule has 116 valence electrons. The van der Waals surface area contributed by atoms with E-state index in [-0.39, 0.29) is 0 Å². The van der Waals surface area contributed by atoms with Gasteiger partial charge in [-0.2, -0.15) is 0 Å². The third-order valence-electron chi connectivity index (χ3n) is 3.02. The minimum Gasteiger partial charge on any atom is -0.385 e. The molecule has 0 amide bonds. The van der Waals surface area contributed by atoms with Crippen molar-refractivity contribution in [2.75, 3.05) is 31.3 Å². The number of aromatic nitrogens is 2. The Morgan fingerprint density at radius 2 is 2.19 bits per heavy atom. The van der Waals surface area contributed by atoms with Crippen LogP contribution in [-0.2, 0) is 11.2 Å². The number of rotatable bonds is 9. The standard InChI is InChI=1S/C15H23N3OS2/c1-4-7-16-15-17-13(20-9-6-8-19-3)12-10-11(5-2)21-14(12)18-15/h10H,4-9H2,1-3H3,(H,16,17,18). The highest BCUT2D eigenvalue weighted by Gasteiger charge is 2.11. The van der Waals surface area contributed by atoms with Crippen LogP contribution >= 0.6 is 23.1 Å². The van der Waals surface area contributed by atoms with E-state index in [2.05, 4.69) is 30.2 Å². The van der Waals surface area contributed by atoms with Crippen LogP contribution in [0.25, 0.3) is 10.2 Å². The summed E-state index contributed by atoms with van der Waals surface area (Å²) in [6.07, 6.45) is 3.16. The first-order valence-corrected chi connectivity index (χ1v) is 9.24. The summed E-state index contributed by atoms with van der Waals surface area (Å²) in [5.74, 6) is 1.77. The lowest BCUT2D eigenvalue weighted by molar-refractivity contribution is 0.200. The van der Waals surface area contributed by atoms with Crippen molar-refractivity contribution >= 4 is 39.3 Å². The third-order valence-corrected chi connectivity index (χ3v) is 5.27. The topological polar surface area (TPSA) is 47.0 Å². The molecular weight excluding hydrogens is 302 g/mol. The summed E-state index contributed by atoms with van der Waals surface area (Å²) in [6.45, 7) is 6.03. The number of hydrogen-bond donors (Lipinski definition) is 1. The Hall–Kier alpha value is -0.850. The maximum atomic E-state index is 5.11. The predicted molar refractivity (Wildman–Crippen MR) is 92.8 cm³/mol. The first-order valence-electron chi connectivity index (χ1n) is 7.44. The van der Waals surface area contributed by atoms with Gasteiger partial charge in [0.05, 0.1) is 0 Å². The molecule has 0 spiro atoms. The number of thioether (sulfide) groups is 1. The number of methoxy groups -OCH3 is 1. The first kappa shape index (κ1) is 16.5. The molecule has 0 aliphatic heterocycles. The number of thiophene rings is 1. The van der Waals surface area contributed by atoms with Crippen LogP contribution in [0.5, 0.6) is 0 Å². The summed E-state index contributed by atoms with van der Waals surface area (Å²) in [4.78, 5) is 11.8.